The van der Waals surface area contributed by atoms with E-state index in [0.717, 1.165) is 5.56 Å². The van der Waals surface area contributed by atoms with Gasteiger partial charge in [-0.3, -0.25) is 14.6 Å². The van der Waals surface area contributed by atoms with E-state index in [9.17, 15) is 14.4 Å². The number of rotatable bonds is 7. The number of pyridine rings is 1. The van der Waals surface area contributed by atoms with Crippen LogP contribution >= 0.6 is 0 Å². The summed E-state index contributed by atoms with van der Waals surface area (Å²) < 4.78 is 4.70. The highest BCUT2D eigenvalue weighted by Crippen LogP contribution is 2.17. The molecule has 0 N–H and O–H groups in total. The zero-order chi connectivity index (χ0) is 19.8. The quantitative estimate of drug-likeness (QED) is 0.697. The summed E-state index contributed by atoms with van der Waals surface area (Å²) in [5.41, 5.74) is 1.87. The summed E-state index contributed by atoms with van der Waals surface area (Å²) in [6.45, 7) is 1.80. The van der Waals surface area contributed by atoms with Gasteiger partial charge in [-0.2, -0.15) is 0 Å². The lowest BCUT2D eigenvalue weighted by atomic mass is 10.2. The average Bonchev–Trinajstić information content (AvgIpc) is 2.69. The fourth-order valence-corrected chi connectivity index (χ4v) is 2.53. The first-order chi connectivity index (χ1) is 12.9. The highest BCUT2D eigenvalue weighted by Gasteiger charge is 2.19. The number of nitrogens with zero attached hydrogens (tertiary/aromatic N) is 3. The lowest BCUT2D eigenvalue weighted by Crippen LogP contribution is -2.41. The van der Waals surface area contributed by atoms with Crippen molar-refractivity contribution in [3.63, 3.8) is 0 Å². The molecular formula is C20H23N3O4. The Hall–Kier alpha value is -3.22. The lowest BCUT2D eigenvalue weighted by Gasteiger charge is -2.24. The Bertz CT molecular complexity index is 808. The van der Waals surface area contributed by atoms with Crippen LogP contribution in [0.4, 0.5) is 5.69 Å². The van der Waals surface area contributed by atoms with E-state index in [1.807, 2.05) is 12.1 Å². The average molecular weight is 369 g/mol. The fourth-order valence-electron chi connectivity index (χ4n) is 2.53. The van der Waals surface area contributed by atoms with E-state index in [2.05, 4.69) is 4.98 Å². The second-order valence-electron chi connectivity index (χ2n) is 6.07. The van der Waals surface area contributed by atoms with E-state index >= 15 is 0 Å². The first-order valence-electron chi connectivity index (χ1n) is 8.51. The summed E-state index contributed by atoms with van der Waals surface area (Å²) in [5.74, 6) is -0.975. The highest BCUT2D eigenvalue weighted by molar-refractivity contribution is 5.99. The fraction of sp³-hybridized carbons (Fsp3) is 0.300. The molecule has 0 fully saturated rings. The minimum Gasteiger partial charge on any atom is -0.465 e. The molecule has 0 aliphatic carbocycles. The van der Waals surface area contributed by atoms with Gasteiger partial charge in [-0.25, -0.2) is 4.79 Å². The molecule has 0 aliphatic heterocycles. The summed E-state index contributed by atoms with van der Waals surface area (Å²) in [7, 11) is 2.99. The summed E-state index contributed by atoms with van der Waals surface area (Å²) >= 11 is 0. The van der Waals surface area contributed by atoms with E-state index < -0.39 is 5.97 Å². The SMILES string of the molecule is COC(=O)c1cccc(N(CC(=O)N(C)CCc2ccncc2)C(C)=O)c1. The number of aromatic nitrogens is 1. The van der Waals surface area contributed by atoms with Crippen LogP contribution in [-0.4, -0.2) is 54.9 Å². The minimum atomic E-state index is -0.499. The van der Waals surface area contributed by atoms with Crippen LogP contribution in [-0.2, 0) is 20.7 Å². The molecule has 1 aromatic carbocycles. The molecule has 7 nitrogen and oxygen atoms in total. The van der Waals surface area contributed by atoms with Crippen molar-refractivity contribution in [3.8, 4) is 0 Å². The lowest BCUT2D eigenvalue weighted by molar-refractivity contribution is -0.130. The Morgan fingerprint density at radius 2 is 1.81 bits per heavy atom. The van der Waals surface area contributed by atoms with Gasteiger partial charge in [0, 0.05) is 38.6 Å². The van der Waals surface area contributed by atoms with Gasteiger partial charge in [0.2, 0.25) is 11.8 Å². The van der Waals surface area contributed by atoms with Crippen molar-refractivity contribution in [2.75, 3.05) is 32.1 Å². The number of anilines is 1. The molecule has 27 heavy (non-hydrogen) atoms. The van der Waals surface area contributed by atoms with Crippen molar-refractivity contribution in [2.24, 2.45) is 0 Å². The van der Waals surface area contributed by atoms with Crippen molar-refractivity contribution in [1.82, 2.24) is 9.88 Å². The van der Waals surface area contributed by atoms with Crippen molar-refractivity contribution < 1.29 is 19.1 Å². The number of benzene rings is 1. The molecule has 2 amide bonds. The monoisotopic (exact) mass is 369 g/mol. The van der Waals surface area contributed by atoms with Crippen LogP contribution < -0.4 is 4.90 Å². The maximum absolute atomic E-state index is 12.6. The van der Waals surface area contributed by atoms with Crippen LogP contribution in [0.15, 0.2) is 48.8 Å². The third kappa shape index (κ3) is 5.64. The van der Waals surface area contributed by atoms with Crippen molar-refractivity contribution >= 4 is 23.5 Å². The first kappa shape index (κ1) is 20.1. The van der Waals surface area contributed by atoms with Crippen LogP contribution in [0.2, 0.25) is 0 Å². The van der Waals surface area contributed by atoms with E-state index in [1.165, 1.54) is 25.0 Å². The van der Waals surface area contributed by atoms with Crippen molar-refractivity contribution in [2.45, 2.75) is 13.3 Å². The summed E-state index contributed by atoms with van der Waals surface area (Å²) in [4.78, 5) is 43.2. The van der Waals surface area contributed by atoms with Gasteiger partial charge in [0.05, 0.1) is 12.7 Å². The second kappa shape index (κ2) is 9.47. The number of hydrogen-bond donors (Lipinski definition) is 0. The molecule has 2 aromatic rings. The molecule has 7 heteroatoms. The van der Waals surface area contributed by atoms with Crippen LogP contribution in [0, 0.1) is 0 Å². The Morgan fingerprint density at radius 3 is 2.44 bits per heavy atom. The normalized spacial score (nSPS) is 10.2. The van der Waals surface area contributed by atoms with Gasteiger partial charge in [-0.1, -0.05) is 6.07 Å². The Kier molecular flexibility index (Phi) is 7.05. The largest absolute Gasteiger partial charge is 0.465 e. The number of carbonyl (C=O) groups is 3. The molecule has 0 unspecified atom stereocenters. The third-order valence-corrected chi connectivity index (χ3v) is 4.16. The van der Waals surface area contributed by atoms with Gasteiger partial charge >= 0.3 is 5.97 Å². The standard InChI is InChI=1S/C20H23N3O4/c1-15(24)23(18-6-4-5-17(13-18)20(26)27-3)14-19(25)22(2)12-9-16-7-10-21-11-8-16/h4-8,10-11,13H,9,12,14H2,1-3H3. The first-order valence-corrected chi connectivity index (χ1v) is 8.51. The Balaban J connectivity index is 2.05. The smallest absolute Gasteiger partial charge is 0.337 e. The molecule has 0 saturated heterocycles. The molecule has 1 aromatic heterocycles. The second-order valence-corrected chi connectivity index (χ2v) is 6.07. The maximum atomic E-state index is 12.6. The summed E-state index contributed by atoms with van der Waals surface area (Å²) in [6, 6.07) is 10.3. The van der Waals surface area contributed by atoms with Crippen molar-refractivity contribution in [1.29, 1.82) is 0 Å². The Labute approximate surface area is 158 Å². The van der Waals surface area contributed by atoms with Gasteiger partial charge in [0.15, 0.2) is 0 Å². The molecule has 1 heterocycles. The molecule has 0 saturated carbocycles. The number of esters is 1. The molecule has 0 aliphatic rings. The topological polar surface area (TPSA) is 79.8 Å². The predicted octanol–water partition coefficient (Wildman–Crippen LogP) is 1.92. The molecule has 0 spiro atoms. The maximum Gasteiger partial charge on any atom is 0.337 e. The minimum absolute atomic E-state index is 0.104. The van der Waals surface area contributed by atoms with E-state index in [-0.39, 0.29) is 18.4 Å². The number of likely N-dealkylation sites (N-methyl/N-ethyl adjacent to an activating group) is 1. The van der Waals surface area contributed by atoms with Gasteiger partial charge in [0.1, 0.15) is 6.54 Å². The van der Waals surface area contributed by atoms with E-state index in [4.69, 9.17) is 4.74 Å². The van der Waals surface area contributed by atoms with Crippen LogP contribution in [0.3, 0.4) is 0 Å². The number of hydrogen-bond acceptors (Lipinski definition) is 5. The van der Waals surface area contributed by atoms with Crippen LogP contribution in [0.5, 0.6) is 0 Å². The van der Waals surface area contributed by atoms with Crippen LogP contribution in [0.25, 0.3) is 0 Å². The summed E-state index contributed by atoms with van der Waals surface area (Å²) in [6.07, 6.45) is 4.12. The van der Waals surface area contributed by atoms with Gasteiger partial charge < -0.3 is 14.5 Å². The molecule has 2 rings (SSSR count). The zero-order valence-corrected chi connectivity index (χ0v) is 15.7. The van der Waals surface area contributed by atoms with Gasteiger partial charge in [-0.15, -0.1) is 0 Å². The van der Waals surface area contributed by atoms with Gasteiger partial charge in [-0.05, 0) is 42.3 Å². The predicted molar refractivity (Wildman–Crippen MR) is 101 cm³/mol. The van der Waals surface area contributed by atoms with Gasteiger partial charge in [0.25, 0.3) is 0 Å². The van der Waals surface area contributed by atoms with E-state index in [0.29, 0.717) is 24.2 Å². The highest BCUT2D eigenvalue weighted by atomic mass is 16.5. The number of ether oxygens (including phenoxy) is 1. The third-order valence-electron chi connectivity index (χ3n) is 4.16. The number of carbonyl (C=O) groups excluding carboxylic acids is 3. The van der Waals surface area contributed by atoms with E-state index in [1.54, 1.807) is 42.5 Å². The molecule has 0 radical (unpaired) electrons. The Morgan fingerprint density at radius 1 is 1.11 bits per heavy atom. The van der Waals surface area contributed by atoms with Crippen molar-refractivity contribution in [3.05, 3.63) is 59.9 Å². The molecule has 0 bridgehead atoms. The molecule has 142 valence electrons. The summed E-state index contributed by atoms with van der Waals surface area (Å²) in [5, 5.41) is 0. The number of methoxy groups -OCH3 is 1. The molecular weight excluding hydrogens is 346 g/mol. The molecule has 0 atom stereocenters. The number of amides is 2. The van der Waals surface area contributed by atoms with Crippen LogP contribution in [0.1, 0.15) is 22.8 Å². The zero-order valence-electron chi connectivity index (χ0n) is 15.7.